The van der Waals surface area contributed by atoms with Gasteiger partial charge in [0.25, 0.3) is 5.91 Å². The molecular formula is C16H23NO4. The molecule has 0 aliphatic carbocycles. The number of carbonyl (C=O) groups excluding carboxylic acids is 1. The van der Waals surface area contributed by atoms with Crippen molar-refractivity contribution >= 4 is 11.9 Å². The first-order valence-corrected chi connectivity index (χ1v) is 7.20. The van der Waals surface area contributed by atoms with Crippen molar-refractivity contribution in [3.8, 4) is 5.75 Å². The monoisotopic (exact) mass is 293 g/mol. The third-order valence-electron chi connectivity index (χ3n) is 2.86. The van der Waals surface area contributed by atoms with Crippen molar-refractivity contribution in [2.24, 2.45) is 5.92 Å². The van der Waals surface area contributed by atoms with Crippen molar-refractivity contribution in [1.29, 1.82) is 0 Å². The van der Waals surface area contributed by atoms with Gasteiger partial charge in [-0.05, 0) is 30.5 Å². The highest BCUT2D eigenvalue weighted by Gasteiger charge is 2.19. The van der Waals surface area contributed by atoms with Crippen LogP contribution in [0.5, 0.6) is 5.75 Å². The van der Waals surface area contributed by atoms with E-state index in [1.165, 1.54) is 0 Å². The van der Waals surface area contributed by atoms with E-state index in [0.29, 0.717) is 36.7 Å². The second-order valence-electron chi connectivity index (χ2n) is 5.39. The van der Waals surface area contributed by atoms with Crippen molar-refractivity contribution in [2.75, 3.05) is 6.61 Å². The third kappa shape index (κ3) is 5.85. The van der Waals surface area contributed by atoms with Crippen LogP contribution in [0.15, 0.2) is 24.3 Å². The van der Waals surface area contributed by atoms with Crippen molar-refractivity contribution in [2.45, 2.75) is 39.7 Å². The normalized spacial score (nSPS) is 12.0. The van der Waals surface area contributed by atoms with E-state index in [1.807, 2.05) is 20.8 Å². The predicted octanol–water partition coefficient (Wildman–Crippen LogP) is 2.70. The number of hydrogen-bond acceptors (Lipinski definition) is 3. The molecule has 21 heavy (non-hydrogen) atoms. The quantitative estimate of drug-likeness (QED) is 0.772. The topological polar surface area (TPSA) is 75.6 Å². The van der Waals surface area contributed by atoms with E-state index in [9.17, 15) is 9.59 Å². The van der Waals surface area contributed by atoms with Crippen LogP contribution in [0, 0.1) is 5.92 Å². The van der Waals surface area contributed by atoms with Crippen LogP contribution in [0.25, 0.3) is 0 Å². The molecule has 116 valence electrons. The fraction of sp³-hybridized carbons (Fsp3) is 0.500. The van der Waals surface area contributed by atoms with Crippen molar-refractivity contribution in [3.05, 3.63) is 29.8 Å². The second kappa shape index (κ2) is 8.29. The summed E-state index contributed by atoms with van der Waals surface area (Å²) in [7, 11) is 0. The average Bonchev–Trinajstić information content (AvgIpc) is 2.44. The molecule has 0 aromatic heterocycles. The van der Waals surface area contributed by atoms with Crippen molar-refractivity contribution in [1.82, 2.24) is 5.32 Å². The van der Waals surface area contributed by atoms with Gasteiger partial charge < -0.3 is 15.2 Å². The van der Waals surface area contributed by atoms with E-state index in [4.69, 9.17) is 9.84 Å². The van der Waals surface area contributed by atoms with Gasteiger partial charge in [0.15, 0.2) is 0 Å². The Kier molecular flexibility index (Phi) is 6.72. The molecular weight excluding hydrogens is 270 g/mol. The highest BCUT2D eigenvalue weighted by Crippen LogP contribution is 2.14. The molecule has 2 N–H and O–H groups in total. The molecule has 0 unspecified atom stereocenters. The molecule has 1 aromatic rings. The van der Waals surface area contributed by atoms with Gasteiger partial charge in [-0.2, -0.15) is 0 Å². The molecule has 0 bridgehead atoms. The summed E-state index contributed by atoms with van der Waals surface area (Å²) in [5.41, 5.74) is 0.401. The molecule has 0 spiro atoms. The second-order valence-corrected chi connectivity index (χ2v) is 5.39. The molecule has 0 aliphatic heterocycles. The van der Waals surface area contributed by atoms with E-state index in [-0.39, 0.29) is 0 Å². The minimum absolute atomic E-state index is 0.392. The lowest BCUT2D eigenvalue weighted by molar-refractivity contribution is -0.139. The maximum absolute atomic E-state index is 12.1. The maximum Gasteiger partial charge on any atom is 0.326 e. The molecule has 5 heteroatoms. The zero-order chi connectivity index (χ0) is 15.8. The number of amides is 1. The Hall–Kier alpha value is -2.04. The molecule has 1 amide bonds. The Morgan fingerprint density at radius 1 is 1.33 bits per heavy atom. The fourth-order valence-corrected chi connectivity index (χ4v) is 1.78. The standard InChI is InChI=1S/C16H23NO4/c1-4-6-14(16(19)20)17-15(18)12-7-5-8-13(9-12)21-10-11(2)3/h5,7-9,11,14H,4,6,10H2,1-3H3,(H,17,18)(H,19,20)/t14-/m1/s1. The third-order valence-corrected chi connectivity index (χ3v) is 2.86. The summed E-state index contributed by atoms with van der Waals surface area (Å²) in [6.07, 6.45) is 1.10. The lowest BCUT2D eigenvalue weighted by atomic mass is 10.1. The molecule has 0 aliphatic rings. The van der Waals surface area contributed by atoms with Gasteiger partial charge in [-0.15, -0.1) is 0 Å². The number of benzene rings is 1. The van der Waals surface area contributed by atoms with Crippen molar-refractivity contribution < 1.29 is 19.4 Å². The predicted molar refractivity (Wildman–Crippen MR) is 80.6 cm³/mol. The van der Waals surface area contributed by atoms with E-state index in [1.54, 1.807) is 24.3 Å². The Bertz CT molecular complexity index is 485. The van der Waals surface area contributed by atoms with Crippen LogP contribution >= 0.6 is 0 Å². The van der Waals surface area contributed by atoms with Gasteiger partial charge >= 0.3 is 5.97 Å². The number of hydrogen-bond donors (Lipinski definition) is 2. The van der Waals surface area contributed by atoms with Crippen LogP contribution in [0.2, 0.25) is 0 Å². The Morgan fingerprint density at radius 3 is 2.62 bits per heavy atom. The van der Waals surface area contributed by atoms with Gasteiger partial charge in [0, 0.05) is 5.56 Å². The van der Waals surface area contributed by atoms with Crippen LogP contribution in [0.3, 0.4) is 0 Å². The number of carboxylic acids is 1. The van der Waals surface area contributed by atoms with Crippen LogP contribution in [0.1, 0.15) is 44.0 Å². The molecule has 0 radical (unpaired) electrons. The van der Waals surface area contributed by atoms with Crippen LogP contribution in [0.4, 0.5) is 0 Å². The molecule has 0 fully saturated rings. The highest BCUT2D eigenvalue weighted by molar-refractivity contribution is 5.96. The summed E-state index contributed by atoms with van der Waals surface area (Å²) in [4.78, 5) is 23.2. The fourth-order valence-electron chi connectivity index (χ4n) is 1.78. The number of ether oxygens (including phenoxy) is 1. The van der Waals surface area contributed by atoms with E-state index < -0.39 is 17.9 Å². The van der Waals surface area contributed by atoms with E-state index in [2.05, 4.69) is 5.32 Å². The van der Waals surface area contributed by atoms with Crippen LogP contribution in [-0.4, -0.2) is 29.6 Å². The smallest absolute Gasteiger partial charge is 0.326 e. The largest absolute Gasteiger partial charge is 0.493 e. The maximum atomic E-state index is 12.1. The number of carboxylic acid groups (broad SMARTS) is 1. The Morgan fingerprint density at radius 2 is 2.05 bits per heavy atom. The Labute approximate surface area is 125 Å². The summed E-state index contributed by atoms with van der Waals surface area (Å²) in [5.74, 6) is -0.412. The van der Waals surface area contributed by atoms with Gasteiger partial charge in [-0.3, -0.25) is 4.79 Å². The molecule has 0 heterocycles. The summed E-state index contributed by atoms with van der Waals surface area (Å²) in [5, 5.41) is 11.6. The highest BCUT2D eigenvalue weighted by atomic mass is 16.5. The molecule has 5 nitrogen and oxygen atoms in total. The summed E-state index contributed by atoms with van der Waals surface area (Å²) in [6, 6.07) is 5.91. The van der Waals surface area contributed by atoms with Crippen molar-refractivity contribution in [3.63, 3.8) is 0 Å². The zero-order valence-corrected chi connectivity index (χ0v) is 12.8. The zero-order valence-electron chi connectivity index (χ0n) is 12.8. The number of carbonyl (C=O) groups is 2. The SMILES string of the molecule is CCC[C@@H](NC(=O)c1cccc(OCC(C)C)c1)C(=O)O. The van der Waals surface area contributed by atoms with Gasteiger partial charge in [0.2, 0.25) is 0 Å². The summed E-state index contributed by atoms with van der Waals surface area (Å²) in [6.45, 7) is 6.53. The minimum Gasteiger partial charge on any atom is -0.493 e. The lowest BCUT2D eigenvalue weighted by Crippen LogP contribution is -2.40. The number of aliphatic carboxylic acids is 1. The number of rotatable bonds is 8. The lowest BCUT2D eigenvalue weighted by Gasteiger charge is -2.14. The van der Waals surface area contributed by atoms with Gasteiger partial charge in [-0.25, -0.2) is 4.79 Å². The van der Waals surface area contributed by atoms with Gasteiger partial charge in [0.05, 0.1) is 6.61 Å². The number of nitrogens with one attached hydrogen (secondary N) is 1. The van der Waals surface area contributed by atoms with Crippen LogP contribution < -0.4 is 10.1 Å². The van der Waals surface area contributed by atoms with Crippen LogP contribution in [-0.2, 0) is 4.79 Å². The molecule has 0 saturated carbocycles. The van der Waals surface area contributed by atoms with Gasteiger partial charge in [0.1, 0.15) is 11.8 Å². The molecule has 1 rings (SSSR count). The first-order chi connectivity index (χ1) is 9.93. The molecule has 1 atom stereocenters. The minimum atomic E-state index is -1.02. The Balaban J connectivity index is 2.73. The first-order valence-electron chi connectivity index (χ1n) is 7.20. The summed E-state index contributed by atoms with van der Waals surface area (Å²) < 4.78 is 5.56. The van der Waals surface area contributed by atoms with E-state index >= 15 is 0 Å². The molecule has 1 aromatic carbocycles. The van der Waals surface area contributed by atoms with E-state index in [0.717, 1.165) is 0 Å². The van der Waals surface area contributed by atoms with Gasteiger partial charge in [-0.1, -0.05) is 33.3 Å². The first kappa shape index (κ1) is 17.0. The molecule has 0 saturated heterocycles. The average molecular weight is 293 g/mol. The summed E-state index contributed by atoms with van der Waals surface area (Å²) >= 11 is 0.